The van der Waals surface area contributed by atoms with Crippen molar-refractivity contribution >= 4 is 35.4 Å². The summed E-state index contributed by atoms with van der Waals surface area (Å²) in [6.45, 7) is 0.718. The molecule has 2 amide bonds. The number of aromatic nitrogens is 2. The highest BCUT2D eigenvalue weighted by atomic mass is 32.2. The fourth-order valence-corrected chi connectivity index (χ4v) is 4.72. The lowest BCUT2D eigenvalue weighted by Gasteiger charge is -2.30. The summed E-state index contributed by atoms with van der Waals surface area (Å²) in [5, 5.41) is 7.43. The molecule has 0 unspecified atom stereocenters. The van der Waals surface area contributed by atoms with E-state index in [-0.39, 0.29) is 11.9 Å². The van der Waals surface area contributed by atoms with Crippen molar-refractivity contribution in [2.45, 2.75) is 24.3 Å². The second-order valence-electron chi connectivity index (χ2n) is 7.06. The molecule has 0 radical (unpaired) electrons. The number of nitrogens with one attached hydrogen (secondary N) is 1. The summed E-state index contributed by atoms with van der Waals surface area (Å²) < 4.78 is 6.46. The normalized spacial score (nSPS) is 16.4. The molecule has 2 aliphatic heterocycles. The summed E-state index contributed by atoms with van der Waals surface area (Å²) in [4.78, 5) is 38.5. The summed E-state index contributed by atoms with van der Waals surface area (Å²) in [6, 6.07) is 9.53. The van der Waals surface area contributed by atoms with Crippen molar-refractivity contribution in [2.24, 2.45) is 5.92 Å². The predicted molar refractivity (Wildman–Crippen MR) is 109 cm³/mol. The first kappa shape index (κ1) is 19.5. The van der Waals surface area contributed by atoms with Crippen LogP contribution in [0.25, 0.3) is 5.69 Å². The van der Waals surface area contributed by atoms with Gasteiger partial charge in [-0.25, -0.2) is 4.68 Å². The van der Waals surface area contributed by atoms with E-state index in [0.717, 1.165) is 28.5 Å². The van der Waals surface area contributed by atoms with Gasteiger partial charge in [0.15, 0.2) is 0 Å². The zero-order valence-corrected chi connectivity index (χ0v) is 16.9. The lowest BCUT2D eigenvalue weighted by atomic mass is 9.97. The van der Waals surface area contributed by atoms with E-state index in [9.17, 15) is 14.4 Å². The van der Waals surface area contributed by atoms with E-state index in [1.807, 2.05) is 30.3 Å². The maximum Gasteiger partial charge on any atom is 0.315 e. The fraction of sp³-hybridized carbons (Fsp3) is 0.400. The van der Waals surface area contributed by atoms with E-state index in [2.05, 4.69) is 10.4 Å². The number of fused-ring (bicyclic) bond motifs is 1. The molecule has 1 fully saturated rings. The number of ether oxygens (including phenoxy) is 1. The van der Waals surface area contributed by atoms with Gasteiger partial charge in [-0.2, -0.15) is 16.9 Å². The molecule has 1 N–H and O–H groups in total. The number of benzene rings is 1. The molecule has 0 saturated carbocycles. The average molecular weight is 414 g/mol. The number of anilines is 1. The minimum Gasteiger partial charge on any atom is -0.469 e. The molecule has 4 rings (SSSR count). The highest BCUT2D eigenvalue weighted by Gasteiger charge is 2.32. The number of methoxy groups -OCH3 is 1. The van der Waals surface area contributed by atoms with E-state index in [0.29, 0.717) is 31.7 Å². The Kier molecular flexibility index (Phi) is 5.57. The molecule has 3 heterocycles. The van der Waals surface area contributed by atoms with Crippen molar-refractivity contribution < 1.29 is 19.1 Å². The third-order valence-electron chi connectivity index (χ3n) is 5.30. The van der Waals surface area contributed by atoms with Gasteiger partial charge in [0.25, 0.3) is 0 Å². The minimum atomic E-state index is -0.682. The zero-order valence-electron chi connectivity index (χ0n) is 16.1. The van der Waals surface area contributed by atoms with Crippen molar-refractivity contribution in [3.8, 4) is 5.69 Å². The average Bonchev–Trinajstić information content (AvgIpc) is 3.36. The molecule has 152 valence electrons. The number of carbonyl (C=O) groups excluding carboxylic acids is 3. The first-order chi connectivity index (χ1) is 14.1. The van der Waals surface area contributed by atoms with E-state index in [1.165, 1.54) is 12.0 Å². The Morgan fingerprint density at radius 3 is 2.55 bits per heavy atom. The summed E-state index contributed by atoms with van der Waals surface area (Å²) in [7, 11) is 1.36. The van der Waals surface area contributed by atoms with Crippen LogP contribution < -0.4 is 5.32 Å². The second-order valence-corrected chi connectivity index (χ2v) is 8.04. The number of carbonyl (C=O) groups is 3. The number of likely N-dealkylation sites (tertiary alicyclic amines) is 1. The molecule has 9 heteroatoms. The molecule has 8 nitrogen and oxygen atoms in total. The lowest BCUT2D eigenvalue weighted by Crippen LogP contribution is -2.45. The monoisotopic (exact) mass is 414 g/mol. The van der Waals surface area contributed by atoms with Crippen LogP contribution in [0.15, 0.2) is 30.3 Å². The van der Waals surface area contributed by atoms with Gasteiger partial charge < -0.3 is 15.0 Å². The summed E-state index contributed by atoms with van der Waals surface area (Å²) in [6.07, 6.45) is 0.999. The molecule has 1 aromatic carbocycles. The number of hydrogen-bond acceptors (Lipinski definition) is 6. The number of hydrogen-bond donors (Lipinski definition) is 1. The molecule has 2 aromatic rings. The Balaban J connectivity index is 1.49. The molecule has 1 aromatic heterocycles. The Morgan fingerprint density at radius 2 is 1.86 bits per heavy atom. The van der Waals surface area contributed by atoms with Gasteiger partial charge in [-0.15, -0.1) is 0 Å². The maximum absolute atomic E-state index is 12.7. The number of para-hydroxylation sites is 1. The van der Waals surface area contributed by atoms with Gasteiger partial charge in [0, 0.05) is 30.2 Å². The van der Waals surface area contributed by atoms with Crippen molar-refractivity contribution in [1.82, 2.24) is 14.7 Å². The lowest BCUT2D eigenvalue weighted by molar-refractivity contribution is -0.150. The topological polar surface area (TPSA) is 93.5 Å². The number of piperidine rings is 1. The van der Waals surface area contributed by atoms with E-state index in [4.69, 9.17) is 4.74 Å². The number of amides is 2. The van der Waals surface area contributed by atoms with Gasteiger partial charge in [-0.05, 0) is 25.0 Å². The summed E-state index contributed by atoms with van der Waals surface area (Å²) in [5.74, 6) is 0.336. The quantitative estimate of drug-likeness (QED) is 0.610. The van der Waals surface area contributed by atoms with Crippen LogP contribution in [0.1, 0.15) is 24.1 Å². The molecule has 0 aliphatic carbocycles. The summed E-state index contributed by atoms with van der Waals surface area (Å²) >= 11 is 1.73. The SMILES string of the molecule is COC(=O)C1CCN(C(=O)C(=O)Nc2c3c(nn2-c2ccccc2)CSC3)CC1. The standard InChI is InChI=1S/C20H22N4O4S/c1-28-20(27)13-7-9-23(10-8-13)19(26)18(25)21-17-15-11-29-12-16(15)22-24(17)14-5-3-2-4-6-14/h2-6,13H,7-12H2,1H3,(H,21,25). The van der Waals surface area contributed by atoms with Gasteiger partial charge in [0.2, 0.25) is 0 Å². The third kappa shape index (κ3) is 3.87. The van der Waals surface area contributed by atoms with Gasteiger partial charge in [0.05, 0.1) is 24.4 Å². The van der Waals surface area contributed by atoms with Crippen molar-refractivity contribution in [3.63, 3.8) is 0 Å². The van der Waals surface area contributed by atoms with Gasteiger partial charge in [-0.1, -0.05) is 18.2 Å². The van der Waals surface area contributed by atoms with E-state index in [1.54, 1.807) is 16.4 Å². The minimum absolute atomic E-state index is 0.216. The Morgan fingerprint density at radius 1 is 1.14 bits per heavy atom. The Hall–Kier alpha value is -2.81. The van der Waals surface area contributed by atoms with Crippen molar-refractivity contribution in [3.05, 3.63) is 41.6 Å². The van der Waals surface area contributed by atoms with E-state index < -0.39 is 11.8 Å². The van der Waals surface area contributed by atoms with Crippen LogP contribution in [-0.2, 0) is 30.6 Å². The van der Waals surface area contributed by atoms with Crippen LogP contribution in [0.4, 0.5) is 5.82 Å². The second kappa shape index (κ2) is 8.28. The fourth-order valence-electron chi connectivity index (χ4n) is 3.69. The largest absolute Gasteiger partial charge is 0.469 e. The predicted octanol–water partition coefficient (Wildman–Crippen LogP) is 1.97. The number of thioether (sulfide) groups is 1. The van der Waals surface area contributed by atoms with Crippen molar-refractivity contribution in [2.75, 3.05) is 25.5 Å². The van der Waals surface area contributed by atoms with Gasteiger partial charge in [-0.3, -0.25) is 14.4 Å². The van der Waals surface area contributed by atoms with Crippen molar-refractivity contribution in [1.29, 1.82) is 0 Å². The molecule has 1 saturated heterocycles. The molecular formula is C20H22N4O4S. The first-order valence-corrected chi connectivity index (χ1v) is 10.7. The van der Waals surface area contributed by atoms with Gasteiger partial charge in [0.1, 0.15) is 5.82 Å². The van der Waals surface area contributed by atoms with Crippen LogP contribution in [0.3, 0.4) is 0 Å². The zero-order chi connectivity index (χ0) is 20.4. The van der Waals surface area contributed by atoms with Crippen LogP contribution in [0, 0.1) is 5.92 Å². The Labute approximate surface area is 172 Å². The number of rotatable bonds is 3. The number of nitrogens with zero attached hydrogens (tertiary/aromatic N) is 3. The Bertz CT molecular complexity index is 935. The van der Waals surface area contributed by atoms with Crippen LogP contribution in [0.5, 0.6) is 0 Å². The molecule has 0 atom stereocenters. The molecular weight excluding hydrogens is 392 g/mol. The number of esters is 1. The third-order valence-corrected chi connectivity index (χ3v) is 6.27. The van der Waals surface area contributed by atoms with Gasteiger partial charge >= 0.3 is 17.8 Å². The highest BCUT2D eigenvalue weighted by Crippen LogP contribution is 2.36. The summed E-state index contributed by atoms with van der Waals surface area (Å²) in [5.41, 5.74) is 2.72. The molecule has 0 bridgehead atoms. The maximum atomic E-state index is 12.7. The van der Waals surface area contributed by atoms with Crippen LogP contribution in [-0.4, -0.2) is 52.7 Å². The highest BCUT2D eigenvalue weighted by molar-refractivity contribution is 7.98. The molecule has 2 aliphatic rings. The van der Waals surface area contributed by atoms with E-state index >= 15 is 0 Å². The smallest absolute Gasteiger partial charge is 0.315 e. The molecule has 0 spiro atoms. The van der Waals surface area contributed by atoms with Crippen LogP contribution >= 0.6 is 11.8 Å². The molecule has 29 heavy (non-hydrogen) atoms. The first-order valence-electron chi connectivity index (χ1n) is 9.50. The van der Waals surface area contributed by atoms with Crippen LogP contribution in [0.2, 0.25) is 0 Å².